The van der Waals surface area contributed by atoms with Gasteiger partial charge in [0.2, 0.25) is 11.8 Å². The number of benzene rings is 4. The summed E-state index contributed by atoms with van der Waals surface area (Å²) in [5.41, 5.74) is 3.26. The lowest BCUT2D eigenvalue weighted by molar-refractivity contribution is -0.140. The number of hydrogen-bond acceptors (Lipinski definition) is 4. The lowest BCUT2D eigenvalue weighted by Gasteiger charge is -2.35. The van der Waals surface area contributed by atoms with Crippen LogP contribution < -0.4 is 9.62 Å². The Labute approximate surface area is 281 Å². The summed E-state index contributed by atoms with van der Waals surface area (Å²) >= 11 is 3.52. The Hall–Kier alpha value is -3.95. The summed E-state index contributed by atoms with van der Waals surface area (Å²) in [5, 5.41) is 3.06. The van der Waals surface area contributed by atoms with E-state index in [1.807, 2.05) is 101 Å². The second-order valence-corrected chi connectivity index (χ2v) is 15.2. The van der Waals surface area contributed by atoms with Gasteiger partial charge >= 0.3 is 0 Å². The van der Waals surface area contributed by atoms with Crippen LogP contribution in [0.2, 0.25) is 0 Å². The van der Waals surface area contributed by atoms with Crippen LogP contribution in [0.1, 0.15) is 49.9 Å². The fourth-order valence-corrected chi connectivity index (χ4v) is 7.14. The third-order valence-electron chi connectivity index (χ3n) is 7.54. The molecule has 0 saturated heterocycles. The van der Waals surface area contributed by atoms with Gasteiger partial charge in [-0.15, -0.1) is 0 Å². The van der Waals surface area contributed by atoms with Crippen molar-refractivity contribution >= 4 is 43.5 Å². The summed E-state index contributed by atoms with van der Waals surface area (Å²) < 4.78 is 30.7. The van der Waals surface area contributed by atoms with E-state index in [0.717, 1.165) is 26.7 Å². The van der Waals surface area contributed by atoms with E-state index < -0.39 is 34.1 Å². The van der Waals surface area contributed by atoms with Gasteiger partial charge in [0.05, 0.1) is 10.6 Å². The van der Waals surface area contributed by atoms with E-state index in [1.54, 1.807) is 36.4 Å². The van der Waals surface area contributed by atoms with Gasteiger partial charge in [0.15, 0.2) is 0 Å². The summed E-state index contributed by atoms with van der Waals surface area (Å²) in [5.74, 6) is -0.812. The highest BCUT2D eigenvalue weighted by Crippen LogP contribution is 2.29. The van der Waals surface area contributed by atoms with Gasteiger partial charge in [0.1, 0.15) is 12.6 Å². The number of hydrogen-bond donors (Lipinski definition) is 1. The molecule has 1 atom stereocenters. The number of aryl methyl sites for hydroxylation is 2. The average molecular weight is 705 g/mol. The van der Waals surface area contributed by atoms with Crippen LogP contribution in [0.4, 0.5) is 5.69 Å². The minimum absolute atomic E-state index is 0.0849. The Kier molecular flexibility index (Phi) is 11.5. The van der Waals surface area contributed by atoms with Crippen LogP contribution in [-0.4, -0.2) is 43.3 Å². The van der Waals surface area contributed by atoms with Gasteiger partial charge in [0.25, 0.3) is 10.0 Å². The first-order chi connectivity index (χ1) is 21.8. The van der Waals surface area contributed by atoms with Crippen molar-refractivity contribution in [2.75, 3.05) is 10.8 Å². The average Bonchev–Trinajstić information content (AvgIpc) is 3.01. The van der Waals surface area contributed by atoms with Gasteiger partial charge in [-0.2, -0.15) is 0 Å². The van der Waals surface area contributed by atoms with Crippen molar-refractivity contribution in [1.29, 1.82) is 0 Å². The molecule has 1 unspecified atom stereocenters. The molecule has 7 nitrogen and oxygen atoms in total. The minimum atomic E-state index is -4.17. The zero-order chi connectivity index (χ0) is 33.5. The van der Waals surface area contributed by atoms with Gasteiger partial charge in [-0.25, -0.2) is 8.42 Å². The topological polar surface area (TPSA) is 86.8 Å². The van der Waals surface area contributed by atoms with Crippen LogP contribution in [0.3, 0.4) is 0 Å². The number of carbonyl (C=O) groups is 2. The van der Waals surface area contributed by atoms with Crippen molar-refractivity contribution in [3.05, 3.63) is 130 Å². The Morgan fingerprint density at radius 2 is 1.48 bits per heavy atom. The van der Waals surface area contributed by atoms with Crippen molar-refractivity contribution in [1.82, 2.24) is 10.2 Å². The Balaban J connectivity index is 1.85. The lowest BCUT2D eigenvalue weighted by atomic mass is 10.0. The molecule has 4 aromatic rings. The van der Waals surface area contributed by atoms with E-state index in [-0.39, 0.29) is 23.8 Å². The second-order valence-electron chi connectivity index (χ2n) is 12.4. The maximum atomic E-state index is 14.7. The molecule has 2 amide bonds. The Morgan fingerprint density at radius 3 is 2.11 bits per heavy atom. The number of halogens is 1. The largest absolute Gasteiger partial charge is 0.350 e. The normalized spacial score (nSPS) is 12.3. The fourth-order valence-electron chi connectivity index (χ4n) is 5.24. The van der Waals surface area contributed by atoms with Gasteiger partial charge in [0, 0.05) is 23.0 Å². The molecular weight excluding hydrogens is 662 g/mol. The number of nitrogens with zero attached hydrogens (tertiary/aromatic N) is 2. The molecule has 46 heavy (non-hydrogen) atoms. The molecule has 0 aromatic heterocycles. The zero-order valence-corrected chi connectivity index (χ0v) is 29.4. The van der Waals surface area contributed by atoms with Crippen molar-refractivity contribution in [3.8, 4) is 0 Å². The molecule has 0 aliphatic carbocycles. The molecule has 0 spiro atoms. The number of amides is 2. The monoisotopic (exact) mass is 703 g/mol. The van der Waals surface area contributed by atoms with Crippen molar-refractivity contribution in [2.45, 2.75) is 70.5 Å². The maximum absolute atomic E-state index is 14.7. The molecule has 0 saturated carbocycles. The van der Waals surface area contributed by atoms with Crippen LogP contribution in [0, 0.1) is 6.92 Å². The molecule has 0 heterocycles. The molecule has 0 bridgehead atoms. The zero-order valence-electron chi connectivity index (χ0n) is 27.0. The highest BCUT2D eigenvalue weighted by molar-refractivity contribution is 9.10. The van der Waals surface area contributed by atoms with Crippen molar-refractivity contribution in [3.63, 3.8) is 0 Å². The molecule has 9 heteroatoms. The first-order valence-electron chi connectivity index (χ1n) is 15.4. The number of anilines is 1. The summed E-state index contributed by atoms with van der Waals surface area (Å²) in [6, 6.07) is 30.0. The number of rotatable bonds is 12. The lowest BCUT2D eigenvalue weighted by Crippen LogP contribution is -2.56. The third kappa shape index (κ3) is 9.07. The fraction of sp³-hybridized carbons (Fsp3) is 0.297. The van der Waals surface area contributed by atoms with Crippen molar-refractivity contribution in [2.24, 2.45) is 0 Å². The highest BCUT2D eigenvalue weighted by atomic mass is 79.9. The van der Waals surface area contributed by atoms with Crippen LogP contribution in [0.25, 0.3) is 0 Å². The second kappa shape index (κ2) is 15.1. The first-order valence-corrected chi connectivity index (χ1v) is 17.6. The van der Waals surface area contributed by atoms with E-state index in [9.17, 15) is 18.0 Å². The number of para-hydroxylation sites is 1. The number of sulfonamides is 1. The smallest absolute Gasteiger partial charge is 0.264 e. The molecule has 1 N–H and O–H groups in total. The summed E-state index contributed by atoms with van der Waals surface area (Å²) in [6.07, 6.45) is 0.815. The quantitative estimate of drug-likeness (QED) is 0.171. The molecular formula is C37H42BrN3O4S. The van der Waals surface area contributed by atoms with Crippen molar-refractivity contribution < 1.29 is 18.0 Å². The van der Waals surface area contributed by atoms with E-state index >= 15 is 0 Å². The Morgan fingerprint density at radius 1 is 0.848 bits per heavy atom. The van der Waals surface area contributed by atoms with E-state index in [2.05, 4.69) is 21.2 Å². The van der Waals surface area contributed by atoms with Crippen LogP contribution in [0.15, 0.2) is 112 Å². The van der Waals surface area contributed by atoms with Crippen LogP contribution in [-0.2, 0) is 39.0 Å². The van der Waals surface area contributed by atoms with E-state index in [4.69, 9.17) is 0 Å². The van der Waals surface area contributed by atoms with Gasteiger partial charge in [-0.3, -0.25) is 13.9 Å². The van der Waals surface area contributed by atoms with Crippen LogP contribution in [0.5, 0.6) is 0 Å². The van der Waals surface area contributed by atoms with Gasteiger partial charge < -0.3 is 10.2 Å². The van der Waals surface area contributed by atoms with E-state index in [1.165, 1.54) is 9.21 Å². The van der Waals surface area contributed by atoms with E-state index in [0.29, 0.717) is 12.1 Å². The molecule has 0 fully saturated rings. The Bertz CT molecular complexity index is 1750. The first kappa shape index (κ1) is 34.9. The minimum Gasteiger partial charge on any atom is -0.350 e. The van der Waals surface area contributed by atoms with Gasteiger partial charge in [-0.05, 0) is 81.1 Å². The van der Waals surface area contributed by atoms with Gasteiger partial charge in [-0.1, -0.05) is 101 Å². The number of nitrogens with one attached hydrogen (secondary N) is 1. The maximum Gasteiger partial charge on any atom is 0.264 e. The summed E-state index contributed by atoms with van der Waals surface area (Å²) in [7, 11) is -4.17. The molecule has 0 aliphatic heterocycles. The molecule has 4 rings (SSSR count). The predicted octanol–water partition coefficient (Wildman–Crippen LogP) is 7.07. The molecule has 4 aromatic carbocycles. The summed E-state index contributed by atoms with van der Waals surface area (Å²) in [4.78, 5) is 30.3. The van der Waals surface area contributed by atoms with Crippen LogP contribution >= 0.6 is 15.9 Å². The predicted molar refractivity (Wildman–Crippen MR) is 188 cm³/mol. The third-order valence-corrected chi connectivity index (χ3v) is 9.81. The summed E-state index contributed by atoms with van der Waals surface area (Å²) in [6.45, 7) is 9.12. The highest BCUT2D eigenvalue weighted by Gasteiger charge is 2.36. The number of carbonyl (C=O) groups excluding carboxylic acids is 2. The standard InChI is InChI=1S/C37H42BrN3O4S/c1-6-30-16-10-11-18-33(30)41(46(44,45)32-21-19-27(2)20-22-32)26-35(42)40(25-29-15-12-17-31(38)23-29)34(36(43)39-37(3,4)5)24-28-13-8-7-9-14-28/h7-23,34H,6,24-26H2,1-5H3,(H,39,43). The molecule has 242 valence electrons. The SMILES string of the molecule is CCc1ccccc1N(CC(=O)N(Cc1cccc(Br)c1)C(Cc1ccccc1)C(=O)NC(C)(C)C)S(=O)(=O)c1ccc(C)cc1. The molecule has 0 radical (unpaired) electrons. The molecule has 0 aliphatic rings.